The van der Waals surface area contributed by atoms with Crippen LogP contribution in [0.25, 0.3) is 0 Å². The van der Waals surface area contributed by atoms with E-state index in [0.29, 0.717) is 0 Å². The number of phenols is 2. The van der Waals surface area contributed by atoms with E-state index in [2.05, 4.69) is 5.32 Å². The van der Waals surface area contributed by atoms with Gasteiger partial charge in [0.05, 0.1) is 42.0 Å². The van der Waals surface area contributed by atoms with Gasteiger partial charge in [-0.3, -0.25) is 19.2 Å². The van der Waals surface area contributed by atoms with Crippen molar-refractivity contribution >= 4 is 23.3 Å². The second kappa shape index (κ2) is 10.7. The van der Waals surface area contributed by atoms with Gasteiger partial charge in [0.2, 0.25) is 11.7 Å². The molecule has 224 valence electrons. The summed E-state index contributed by atoms with van der Waals surface area (Å²) in [7, 11) is 1.31. The quantitative estimate of drug-likeness (QED) is 0.214. The van der Waals surface area contributed by atoms with Gasteiger partial charge in [-0.15, -0.1) is 0 Å². The summed E-state index contributed by atoms with van der Waals surface area (Å²) in [4.78, 5) is 51.7. The summed E-state index contributed by atoms with van der Waals surface area (Å²) in [5.41, 5.74) is -3.84. The number of fused-ring (bicyclic) bond motifs is 3. The maximum atomic E-state index is 13.7. The zero-order chi connectivity index (χ0) is 30.7. The van der Waals surface area contributed by atoms with E-state index in [0.717, 1.165) is 0 Å². The fraction of sp³-hybridized carbons (Fsp3) is 0.448. The Hall–Kier alpha value is -3.88. The molecule has 6 atom stereocenters. The van der Waals surface area contributed by atoms with Crippen LogP contribution in [-0.2, 0) is 25.5 Å². The molecule has 1 amide bonds. The molecule has 0 saturated carbocycles. The maximum absolute atomic E-state index is 13.7. The molecule has 0 spiro atoms. The normalized spacial score (nSPS) is 28.4. The molecule has 0 bridgehead atoms. The average Bonchev–Trinajstić information content (AvgIpc) is 2.94. The van der Waals surface area contributed by atoms with E-state index in [9.17, 15) is 44.7 Å². The molecular formula is C29H31NO12. The molecule has 5 rings (SSSR count). The Bertz CT molecular complexity index is 1500. The van der Waals surface area contributed by atoms with Crippen LogP contribution >= 0.6 is 0 Å². The second-order valence-electron chi connectivity index (χ2n) is 10.8. The summed E-state index contributed by atoms with van der Waals surface area (Å²) < 4.78 is 17.1. The maximum Gasteiger partial charge on any atom is 0.217 e. The molecule has 2 aromatic rings. The number of ether oxygens (including phenoxy) is 3. The number of rotatable bonds is 6. The molecule has 42 heavy (non-hydrogen) atoms. The van der Waals surface area contributed by atoms with Crippen LogP contribution in [0.3, 0.4) is 0 Å². The van der Waals surface area contributed by atoms with Crippen LogP contribution in [0.1, 0.15) is 75.8 Å². The van der Waals surface area contributed by atoms with Crippen molar-refractivity contribution in [1.29, 1.82) is 0 Å². The highest BCUT2D eigenvalue weighted by atomic mass is 16.7. The van der Waals surface area contributed by atoms with E-state index in [1.54, 1.807) is 6.92 Å². The minimum absolute atomic E-state index is 0.0665. The van der Waals surface area contributed by atoms with Crippen LogP contribution in [0.4, 0.5) is 0 Å². The smallest absolute Gasteiger partial charge is 0.217 e. The van der Waals surface area contributed by atoms with Gasteiger partial charge in [-0.1, -0.05) is 12.1 Å². The zero-order valence-corrected chi connectivity index (χ0v) is 23.0. The van der Waals surface area contributed by atoms with Gasteiger partial charge in [0, 0.05) is 42.9 Å². The fourth-order valence-electron chi connectivity index (χ4n) is 6.12. The first kappa shape index (κ1) is 29.6. The number of hydrogen-bond acceptors (Lipinski definition) is 12. The molecule has 13 heteroatoms. The molecule has 2 aromatic carbocycles. The summed E-state index contributed by atoms with van der Waals surface area (Å²) >= 11 is 0. The summed E-state index contributed by atoms with van der Waals surface area (Å²) in [5, 5.41) is 57.0. The molecule has 0 radical (unpaired) electrons. The number of carbonyl (C=O) groups is 4. The molecule has 6 N–H and O–H groups in total. The molecule has 1 aliphatic heterocycles. The monoisotopic (exact) mass is 585 g/mol. The first-order chi connectivity index (χ1) is 19.8. The third kappa shape index (κ3) is 4.63. The van der Waals surface area contributed by atoms with Crippen molar-refractivity contribution in [2.24, 2.45) is 0 Å². The fourth-order valence-corrected chi connectivity index (χ4v) is 6.12. The van der Waals surface area contributed by atoms with Crippen molar-refractivity contribution in [1.82, 2.24) is 5.32 Å². The van der Waals surface area contributed by atoms with Crippen LogP contribution in [0, 0.1) is 0 Å². The summed E-state index contributed by atoms with van der Waals surface area (Å²) in [6.07, 6.45) is -5.65. The van der Waals surface area contributed by atoms with E-state index >= 15 is 0 Å². The van der Waals surface area contributed by atoms with Gasteiger partial charge in [0.1, 0.15) is 35.6 Å². The van der Waals surface area contributed by atoms with Gasteiger partial charge in [0.25, 0.3) is 0 Å². The van der Waals surface area contributed by atoms with E-state index < -0.39 is 102 Å². The second-order valence-corrected chi connectivity index (χ2v) is 10.8. The molecule has 1 heterocycles. The van der Waals surface area contributed by atoms with Gasteiger partial charge in [-0.05, 0) is 13.0 Å². The number of aromatic hydroxyl groups is 2. The van der Waals surface area contributed by atoms with E-state index in [1.165, 1.54) is 32.2 Å². The number of Topliss-reactive ketones (excluding diaryl/α,β-unsaturated/α-hetero) is 1. The van der Waals surface area contributed by atoms with Gasteiger partial charge >= 0.3 is 0 Å². The predicted octanol–water partition coefficient (Wildman–Crippen LogP) is 0.179. The molecule has 1 saturated heterocycles. The largest absolute Gasteiger partial charge is 0.507 e. The molecule has 3 aliphatic rings. The Morgan fingerprint density at radius 1 is 1.12 bits per heavy atom. The van der Waals surface area contributed by atoms with Gasteiger partial charge in [-0.2, -0.15) is 0 Å². The van der Waals surface area contributed by atoms with Crippen LogP contribution in [0.2, 0.25) is 0 Å². The van der Waals surface area contributed by atoms with Gasteiger partial charge in [0.15, 0.2) is 17.9 Å². The van der Waals surface area contributed by atoms with Gasteiger partial charge < -0.3 is 45.1 Å². The standard InChI is InChI=1S/C29H31NO12/c1-11-24(34)15(30-12(2)32)7-19(41-11)42-17-9-29(39,18(33)10-31)8-14-21(17)28(38)23-22(26(14)36)25(35)13-5-4-6-16(40-3)20(13)27(23)37/h4-6,11,15,17,19,24,31,34,36,38-39H,7-10H2,1-3H3,(H,30,32)/t11-,15-,17-,19+,24+,29-/m0/s1. The third-order valence-electron chi connectivity index (χ3n) is 8.15. The summed E-state index contributed by atoms with van der Waals surface area (Å²) in [5.74, 6) is -4.34. The Morgan fingerprint density at radius 2 is 1.81 bits per heavy atom. The van der Waals surface area contributed by atoms with Crippen LogP contribution in [-0.4, -0.2) is 92.6 Å². The molecular weight excluding hydrogens is 554 g/mol. The number of aliphatic hydroxyl groups is 3. The minimum Gasteiger partial charge on any atom is -0.507 e. The number of nitrogens with one attached hydrogen (secondary N) is 1. The number of phenolic OH excluding ortho intramolecular Hbond substituents is 2. The molecule has 13 nitrogen and oxygen atoms in total. The van der Waals surface area contributed by atoms with Crippen molar-refractivity contribution in [3.05, 3.63) is 51.6 Å². The van der Waals surface area contributed by atoms with E-state index in [-0.39, 0.29) is 34.4 Å². The van der Waals surface area contributed by atoms with Crippen molar-refractivity contribution in [2.75, 3.05) is 13.7 Å². The first-order valence-corrected chi connectivity index (χ1v) is 13.3. The van der Waals surface area contributed by atoms with E-state index in [1.807, 2.05) is 0 Å². The highest BCUT2D eigenvalue weighted by Crippen LogP contribution is 2.52. The lowest BCUT2D eigenvalue weighted by Gasteiger charge is -2.42. The Balaban J connectivity index is 1.65. The molecule has 0 aromatic heterocycles. The van der Waals surface area contributed by atoms with Gasteiger partial charge in [-0.25, -0.2) is 0 Å². The van der Waals surface area contributed by atoms with Crippen LogP contribution in [0.5, 0.6) is 17.2 Å². The Morgan fingerprint density at radius 3 is 2.45 bits per heavy atom. The first-order valence-electron chi connectivity index (χ1n) is 13.3. The Kier molecular flexibility index (Phi) is 7.58. The SMILES string of the molecule is COc1cccc2c1C(=O)c1c(O)c3c(c(O)c1C2=O)C[C@@](O)(C(=O)CO)C[C@@H]3O[C@@H]1C[C@H](NC(C)=O)[C@H](O)[C@H](C)O1. The van der Waals surface area contributed by atoms with Crippen molar-refractivity contribution in [3.63, 3.8) is 0 Å². The molecule has 0 unspecified atom stereocenters. The van der Waals surface area contributed by atoms with E-state index in [4.69, 9.17) is 14.2 Å². The number of amides is 1. The predicted molar refractivity (Wildman–Crippen MR) is 141 cm³/mol. The number of aliphatic hydroxyl groups excluding tert-OH is 2. The lowest BCUT2D eigenvalue weighted by molar-refractivity contribution is -0.249. The molecule has 1 fully saturated rings. The topological polar surface area (TPSA) is 209 Å². The van der Waals surface area contributed by atoms with Crippen molar-refractivity contribution in [3.8, 4) is 17.2 Å². The summed E-state index contributed by atoms with van der Waals surface area (Å²) in [6.45, 7) is 1.77. The van der Waals surface area contributed by atoms with Crippen LogP contribution < -0.4 is 10.1 Å². The Labute approximate surface area is 239 Å². The highest BCUT2D eigenvalue weighted by molar-refractivity contribution is 6.31. The highest BCUT2D eigenvalue weighted by Gasteiger charge is 2.50. The third-order valence-corrected chi connectivity index (χ3v) is 8.15. The number of benzene rings is 2. The number of hydrogen-bond donors (Lipinski definition) is 6. The zero-order valence-electron chi connectivity index (χ0n) is 23.0. The van der Waals surface area contributed by atoms with Crippen molar-refractivity contribution < 1.29 is 58.9 Å². The number of methoxy groups -OCH3 is 1. The summed E-state index contributed by atoms with van der Waals surface area (Å²) in [6, 6.07) is 3.54. The number of carbonyl (C=O) groups excluding carboxylic acids is 4. The van der Waals surface area contributed by atoms with Crippen LogP contribution in [0.15, 0.2) is 18.2 Å². The molecule has 2 aliphatic carbocycles. The lowest BCUT2D eigenvalue weighted by Crippen LogP contribution is -2.55. The van der Waals surface area contributed by atoms with Crippen molar-refractivity contribution in [2.45, 2.75) is 69.4 Å². The lowest BCUT2D eigenvalue weighted by atomic mass is 9.72. The number of ketones is 3. The minimum atomic E-state index is -2.29. The average molecular weight is 586 g/mol.